The number of allylic oxidation sites excluding steroid dienone is 4. The lowest BCUT2D eigenvalue weighted by atomic mass is 9.53. The maximum atomic E-state index is 10.3. The van der Waals surface area contributed by atoms with Gasteiger partial charge in [0.05, 0.1) is 17.8 Å². The number of fused-ring (bicyclic) bond motifs is 1. The molecule has 3 aliphatic carbocycles. The van der Waals surface area contributed by atoms with Crippen molar-refractivity contribution in [3.05, 3.63) is 47.6 Å². The molecule has 0 spiro atoms. The summed E-state index contributed by atoms with van der Waals surface area (Å²) in [6, 6.07) is 0. The fourth-order valence-electron chi connectivity index (χ4n) is 6.61. The Morgan fingerprint density at radius 2 is 1.66 bits per heavy atom. The van der Waals surface area contributed by atoms with E-state index in [9.17, 15) is 15.3 Å². The van der Waals surface area contributed by atoms with E-state index >= 15 is 0 Å². The molecule has 3 fully saturated rings. The molecule has 32 heavy (non-hydrogen) atoms. The lowest BCUT2D eigenvalue weighted by Crippen LogP contribution is -2.42. The second-order valence-electron chi connectivity index (χ2n) is 12.0. The van der Waals surface area contributed by atoms with Crippen molar-refractivity contribution in [2.45, 2.75) is 104 Å². The van der Waals surface area contributed by atoms with Gasteiger partial charge in [-0.3, -0.25) is 0 Å². The molecule has 3 saturated carbocycles. The van der Waals surface area contributed by atoms with E-state index < -0.39 is 17.8 Å². The van der Waals surface area contributed by atoms with Crippen molar-refractivity contribution in [1.29, 1.82) is 0 Å². The molecule has 0 aromatic heterocycles. The zero-order chi connectivity index (χ0) is 23.9. The van der Waals surface area contributed by atoms with E-state index in [0.717, 1.165) is 12.0 Å². The van der Waals surface area contributed by atoms with Gasteiger partial charge >= 0.3 is 0 Å². The van der Waals surface area contributed by atoms with Crippen LogP contribution in [0.2, 0.25) is 0 Å². The second kappa shape index (κ2) is 9.24. The minimum absolute atomic E-state index is 0.135. The van der Waals surface area contributed by atoms with E-state index in [1.165, 1.54) is 31.3 Å². The summed E-state index contributed by atoms with van der Waals surface area (Å²) in [5.41, 5.74) is 2.96. The molecular formula is C29H46O3. The van der Waals surface area contributed by atoms with E-state index in [4.69, 9.17) is 0 Å². The lowest BCUT2D eigenvalue weighted by Gasteiger charge is -2.51. The SMILES string of the molecule is C=C1[C@H](O)CC(=C/C=C2\CCC[C@]3(C)C([C@@H](C)/C=C/[C@@H](C)C(C)(C)O)CC[C@@]23C)C[C@H]1O. The Morgan fingerprint density at radius 1 is 1.03 bits per heavy atom. The van der Waals surface area contributed by atoms with E-state index in [2.05, 4.69) is 58.6 Å². The highest BCUT2D eigenvalue weighted by Gasteiger charge is 2.57. The van der Waals surface area contributed by atoms with Crippen LogP contribution < -0.4 is 0 Å². The van der Waals surface area contributed by atoms with Crippen LogP contribution in [0.15, 0.2) is 47.6 Å². The Labute approximate surface area is 196 Å². The van der Waals surface area contributed by atoms with Crippen LogP contribution in [0.4, 0.5) is 0 Å². The highest BCUT2D eigenvalue weighted by molar-refractivity contribution is 5.32. The van der Waals surface area contributed by atoms with Crippen molar-refractivity contribution >= 4 is 0 Å². The van der Waals surface area contributed by atoms with Crippen LogP contribution in [-0.2, 0) is 0 Å². The predicted molar refractivity (Wildman–Crippen MR) is 133 cm³/mol. The minimum atomic E-state index is -0.689. The Hall–Kier alpha value is -1.16. The third kappa shape index (κ3) is 4.72. The lowest BCUT2D eigenvalue weighted by molar-refractivity contribution is 0.0406. The van der Waals surface area contributed by atoms with Gasteiger partial charge in [0.2, 0.25) is 0 Å². The third-order valence-electron chi connectivity index (χ3n) is 9.62. The van der Waals surface area contributed by atoms with E-state index in [1.54, 1.807) is 0 Å². The van der Waals surface area contributed by atoms with Crippen molar-refractivity contribution in [3.63, 3.8) is 0 Å². The van der Waals surface area contributed by atoms with Gasteiger partial charge in [0.25, 0.3) is 0 Å². The first-order valence-electron chi connectivity index (χ1n) is 12.6. The van der Waals surface area contributed by atoms with E-state index in [-0.39, 0.29) is 16.7 Å². The summed E-state index contributed by atoms with van der Waals surface area (Å²) in [7, 11) is 0. The van der Waals surface area contributed by atoms with Gasteiger partial charge in [-0.05, 0) is 87.0 Å². The predicted octanol–water partition coefficient (Wildman–Crippen LogP) is 6.12. The Balaban J connectivity index is 1.80. The summed E-state index contributed by atoms with van der Waals surface area (Å²) >= 11 is 0. The zero-order valence-electron chi connectivity index (χ0n) is 21.2. The van der Waals surface area contributed by atoms with Gasteiger partial charge in [-0.15, -0.1) is 0 Å². The summed E-state index contributed by atoms with van der Waals surface area (Å²) < 4.78 is 0. The first kappa shape index (κ1) is 25.5. The van der Waals surface area contributed by atoms with Crippen LogP contribution in [0, 0.1) is 28.6 Å². The van der Waals surface area contributed by atoms with Gasteiger partial charge < -0.3 is 15.3 Å². The molecule has 3 N–H and O–H groups in total. The standard InChI is InChI=1S/C29H46O3/c1-19(10-11-20(2)27(4,5)32)24-14-16-28(6)23(9-8-15-29(24,28)7)13-12-22-17-25(30)21(3)26(31)18-22/h10-13,19-20,24-26,30-32H,3,8-9,14-18H2,1-2,4-7H3/b11-10+,23-13+/t19-,20+,24?,25+,26+,28-,29+/m0/s1. The molecule has 1 unspecified atom stereocenters. The topological polar surface area (TPSA) is 60.7 Å². The number of aliphatic hydroxyl groups excluding tert-OH is 2. The quantitative estimate of drug-likeness (QED) is 0.450. The molecule has 3 aliphatic rings. The number of hydrogen-bond donors (Lipinski definition) is 3. The normalized spacial score (nSPS) is 39.4. The van der Waals surface area contributed by atoms with Crippen molar-refractivity contribution in [3.8, 4) is 0 Å². The van der Waals surface area contributed by atoms with Gasteiger partial charge in [0, 0.05) is 5.92 Å². The van der Waals surface area contributed by atoms with Crippen LogP contribution in [0.5, 0.6) is 0 Å². The van der Waals surface area contributed by atoms with E-state index in [0.29, 0.717) is 30.3 Å². The second-order valence-corrected chi connectivity index (χ2v) is 12.0. The minimum Gasteiger partial charge on any atom is -0.390 e. The van der Waals surface area contributed by atoms with Crippen molar-refractivity contribution in [1.82, 2.24) is 0 Å². The molecule has 0 amide bonds. The molecule has 0 aromatic carbocycles. The molecule has 3 heteroatoms. The van der Waals surface area contributed by atoms with Crippen LogP contribution in [0.25, 0.3) is 0 Å². The van der Waals surface area contributed by atoms with Crippen LogP contribution in [0.3, 0.4) is 0 Å². The van der Waals surface area contributed by atoms with Gasteiger partial charge in [0.1, 0.15) is 0 Å². The maximum absolute atomic E-state index is 10.3. The summed E-state index contributed by atoms with van der Waals surface area (Å²) in [6.07, 6.45) is 15.0. The van der Waals surface area contributed by atoms with E-state index in [1.807, 2.05) is 13.8 Å². The van der Waals surface area contributed by atoms with Crippen LogP contribution in [-0.4, -0.2) is 33.1 Å². The first-order chi connectivity index (χ1) is 14.8. The number of rotatable bonds is 5. The molecule has 3 rings (SSSR count). The van der Waals surface area contributed by atoms with Crippen molar-refractivity contribution in [2.75, 3.05) is 0 Å². The number of aliphatic hydroxyl groups is 3. The molecule has 3 nitrogen and oxygen atoms in total. The molecule has 0 heterocycles. The average Bonchev–Trinajstić information content (AvgIpc) is 2.99. The molecule has 0 aliphatic heterocycles. The third-order valence-corrected chi connectivity index (χ3v) is 9.62. The first-order valence-corrected chi connectivity index (χ1v) is 12.6. The van der Waals surface area contributed by atoms with Gasteiger partial charge in [-0.2, -0.15) is 0 Å². The van der Waals surface area contributed by atoms with Gasteiger partial charge in [-0.25, -0.2) is 0 Å². The molecular weight excluding hydrogens is 396 g/mol. The number of hydrogen-bond acceptors (Lipinski definition) is 3. The summed E-state index contributed by atoms with van der Waals surface area (Å²) in [5, 5.41) is 30.7. The molecule has 180 valence electrons. The molecule has 7 atom stereocenters. The monoisotopic (exact) mass is 442 g/mol. The van der Waals surface area contributed by atoms with Crippen molar-refractivity contribution in [2.24, 2.45) is 28.6 Å². The smallest absolute Gasteiger partial charge is 0.0809 e. The van der Waals surface area contributed by atoms with Gasteiger partial charge in [0.15, 0.2) is 0 Å². The molecule has 0 radical (unpaired) electrons. The Bertz CT molecular complexity index is 782. The van der Waals surface area contributed by atoms with Crippen LogP contribution >= 0.6 is 0 Å². The summed E-state index contributed by atoms with van der Waals surface area (Å²) in [6.45, 7) is 17.0. The van der Waals surface area contributed by atoms with Gasteiger partial charge in [-0.1, -0.05) is 69.7 Å². The highest BCUT2D eigenvalue weighted by Crippen LogP contribution is 2.66. The fraction of sp³-hybridized carbons (Fsp3) is 0.724. The summed E-state index contributed by atoms with van der Waals surface area (Å²) in [5.74, 6) is 1.26. The Kier molecular flexibility index (Phi) is 7.35. The Morgan fingerprint density at radius 3 is 2.25 bits per heavy atom. The molecule has 0 aromatic rings. The zero-order valence-corrected chi connectivity index (χ0v) is 21.2. The maximum Gasteiger partial charge on any atom is 0.0809 e. The molecule has 0 saturated heterocycles. The summed E-state index contributed by atoms with van der Waals surface area (Å²) in [4.78, 5) is 0. The highest BCUT2D eigenvalue weighted by atomic mass is 16.3. The molecule has 0 bridgehead atoms. The largest absolute Gasteiger partial charge is 0.390 e. The average molecular weight is 443 g/mol. The fourth-order valence-corrected chi connectivity index (χ4v) is 6.61. The van der Waals surface area contributed by atoms with Crippen molar-refractivity contribution < 1.29 is 15.3 Å². The van der Waals surface area contributed by atoms with Crippen LogP contribution in [0.1, 0.15) is 86.5 Å².